The van der Waals surface area contributed by atoms with Crippen molar-refractivity contribution in [3.05, 3.63) is 29.8 Å². The summed E-state index contributed by atoms with van der Waals surface area (Å²) in [6.07, 6.45) is 0. The molecule has 0 N–H and O–H groups in total. The number of rotatable bonds is 1. The Morgan fingerprint density at radius 1 is 1.21 bits per heavy atom. The normalized spacial score (nSPS) is 12.9. The lowest BCUT2D eigenvalue weighted by molar-refractivity contribution is 0.462. The highest BCUT2D eigenvalue weighted by Gasteiger charge is 2.14. The summed E-state index contributed by atoms with van der Waals surface area (Å²) in [4.78, 5) is -0.162. The second kappa shape index (κ2) is 3.37. The van der Waals surface area contributed by atoms with E-state index in [-0.39, 0.29) is 10.3 Å². The first-order valence-corrected chi connectivity index (χ1v) is 5.68. The van der Waals surface area contributed by atoms with E-state index >= 15 is 0 Å². The summed E-state index contributed by atoms with van der Waals surface area (Å²) in [6, 6.07) is 6.15. The molecule has 0 heterocycles. The Morgan fingerprint density at radius 2 is 1.79 bits per heavy atom. The van der Waals surface area contributed by atoms with E-state index in [0.29, 0.717) is 0 Å². The topological polar surface area (TPSA) is 57.2 Å². The number of hydrogen-bond acceptors (Lipinski definition) is 3. The van der Waals surface area contributed by atoms with Gasteiger partial charge in [-0.15, -0.1) is 0 Å². The second-order valence-electron chi connectivity index (χ2n) is 4.23. The third-order valence-electron chi connectivity index (χ3n) is 1.99. The fourth-order valence-corrected chi connectivity index (χ4v) is 1.63. The van der Waals surface area contributed by atoms with Gasteiger partial charge in [0.15, 0.2) is 0 Å². The molecule has 0 unspecified atom stereocenters. The molecule has 78 valence electrons. The molecule has 0 aliphatic carbocycles. The highest BCUT2D eigenvalue weighted by atomic mass is 32.2. The molecule has 0 aliphatic heterocycles. The molecule has 0 atom stereocenters. The summed E-state index contributed by atoms with van der Waals surface area (Å²) < 4.78 is 32.3. The zero-order chi connectivity index (χ0) is 11.0. The lowest BCUT2D eigenvalue weighted by atomic mass is 9.87. The lowest BCUT2D eigenvalue weighted by Crippen LogP contribution is -2.12. The Kier molecular flexibility index (Phi) is 2.69. The molecule has 0 amide bonds. The minimum atomic E-state index is -4.34. The van der Waals surface area contributed by atoms with Crippen LogP contribution in [0.2, 0.25) is 0 Å². The highest BCUT2D eigenvalue weighted by Crippen LogP contribution is 2.24. The fraction of sp³-hybridized carbons (Fsp3) is 0.400. The maximum absolute atomic E-state index is 10.8. The van der Waals surface area contributed by atoms with Crippen molar-refractivity contribution in [1.82, 2.24) is 0 Å². The van der Waals surface area contributed by atoms with Crippen molar-refractivity contribution in [2.24, 2.45) is 0 Å². The molecule has 1 aromatic rings. The SMILES string of the molecule is CC(C)(C)c1cccc(S(=O)(=O)[O-])c1. The van der Waals surface area contributed by atoms with Crippen LogP contribution >= 0.6 is 0 Å². The maximum atomic E-state index is 10.8. The third kappa shape index (κ3) is 2.56. The van der Waals surface area contributed by atoms with E-state index in [2.05, 4.69) is 0 Å². The van der Waals surface area contributed by atoms with Crippen LogP contribution in [0.5, 0.6) is 0 Å². The minimum absolute atomic E-state index is 0.152. The Morgan fingerprint density at radius 3 is 2.21 bits per heavy atom. The van der Waals surface area contributed by atoms with Crippen molar-refractivity contribution >= 4 is 10.1 Å². The van der Waals surface area contributed by atoms with Crippen molar-refractivity contribution in [3.8, 4) is 0 Å². The predicted octanol–water partition coefficient (Wildman–Crippen LogP) is 1.89. The zero-order valence-corrected chi connectivity index (χ0v) is 9.26. The first-order chi connectivity index (χ1) is 6.21. The van der Waals surface area contributed by atoms with Gasteiger partial charge in [-0.1, -0.05) is 32.9 Å². The molecule has 0 fully saturated rings. The molecule has 3 nitrogen and oxygen atoms in total. The van der Waals surface area contributed by atoms with Crippen LogP contribution in [0.15, 0.2) is 29.2 Å². The van der Waals surface area contributed by atoms with Gasteiger partial charge in [-0.2, -0.15) is 0 Å². The van der Waals surface area contributed by atoms with Gasteiger partial charge < -0.3 is 4.55 Å². The summed E-state index contributed by atoms with van der Waals surface area (Å²) in [5, 5.41) is 0. The molecule has 4 heteroatoms. The van der Waals surface area contributed by atoms with E-state index in [9.17, 15) is 13.0 Å². The van der Waals surface area contributed by atoms with Crippen LogP contribution in [0.25, 0.3) is 0 Å². The molecule has 0 aliphatic rings. The second-order valence-corrected chi connectivity index (χ2v) is 5.61. The molecule has 0 saturated heterocycles. The summed E-state index contributed by atoms with van der Waals surface area (Å²) in [5.74, 6) is 0. The summed E-state index contributed by atoms with van der Waals surface area (Å²) in [7, 11) is -4.34. The van der Waals surface area contributed by atoms with Gasteiger partial charge in [0.05, 0.1) is 4.90 Å². The van der Waals surface area contributed by atoms with Gasteiger partial charge in [0.1, 0.15) is 10.1 Å². The van der Waals surface area contributed by atoms with Crippen molar-refractivity contribution in [2.45, 2.75) is 31.1 Å². The molecule has 14 heavy (non-hydrogen) atoms. The molecule has 0 saturated carbocycles. The highest BCUT2D eigenvalue weighted by molar-refractivity contribution is 7.85. The minimum Gasteiger partial charge on any atom is -0.744 e. The maximum Gasteiger partial charge on any atom is 0.124 e. The average Bonchev–Trinajstić information content (AvgIpc) is 2.01. The average molecular weight is 213 g/mol. The first kappa shape index (κ1) is 11.2. The molecular formula is C10H13O3S-. The van der Waals surface area contributed by atoms with Gasteiger partial charge in [0, 0.05) is 0 Å². The number of hydrogen-bond donors (Lipinski definition) is 0. The van der Waals surface area contributed by atoms with Gasteiger partial charge in [-0.3, -0.25) is 0 Å². The van der Waals surface area contributed by atoms with Crippen LogP contribution in [0.4, 0.5) is 0 Å². The van der Waals surface area contributed by atoms with E-state index in [1.165, 1.54) is 12.1 Å². The van der Waals surface area contributed by atoms with Gasteiger partial charge in [-0.05, 0) is 23.1 Å². The van der Waals surface area contributed by atoms with Crippen molar-refractivity contribution in [1.29, 1.82) is 0 Å². The molecule has 0 radical (unpaired) electrons. The molecule has 0 bridgehead atoms. The van der Waals surface area contributed by atoms with Crippen molar-refractivity contribution < 1.29 is 13.0 Å². The molecule has 1 aromatic carbocycles. The summed E-state index contributed by atoms with van der Waals surface area (Å²) >= 11 is 0. The van der Waals surface area contributed by atoms with Crippen LogP contribution in [0.3, 0.4) is 0 Å². The lowest BCUT2D eigenvalue weighted by Gasteiger charge is -2.20. The standard InChI is InChI=1S/C10H14O3S/c1-10(2,3)8-5-4-6-9(7-8)14(11,12)13/h4-7H,1-3H3,(H,11,12,13)/p-1. The Hall–Kier alpha value is -0.870. The third-order valence-corrected chi connectivity index (χ3v) is 2.82. The predicted molar refractivity (Wildman–Crippen MR) is 53.1 cm³/mol. The molecular weight excluding hydrogens is 200 g/mol. The largest absolute Gasteiger partial charge is 0.744 e. The van der Waals surface area contributed by atoms with Crippen LogP contribution in [0.1, 0.15) is 26.3 Å². The quantitative estimate of drug-likeness (QED) is 0.669. The first-order valence-electron chi connectivity index (χ1n) is 4.28. The molecule has 0 aromatic heterocycles. The van der Waals surface area contributed by atoms with Crippen LogP contribution in [-0.2, 0) is 15.5 Å². The fourth-order valence-electron chi connectivity index (χ4n) is 1.12. The monoisotopic (exact) mass is 213 g/mol. The van der Waals surface area contributed by atoms with Crippen LogP contribution in [-0.4, -0.2) is 13.0 Å². The van der Waals surface area contributed by atoms with Gasteiger partial charge in [0.25, 0.3) is 0 Å². The van der Waals surface area contributed by atoms with E-state index in [0.717, 1.165) is 5.56 Å². The van der Waals surface area contributed by atoms with Crippen molar-refractivity contribution in [2.75, 3.05) is 0 Å². The Bertz CT molecular complexity index is 427. The van der Waals surface area contributed by atoms with E-state index in [4.69, 9.17) is 0 Å². The summed E-state index contributed by atoms with van der Waals surface area (Å²) in [5.41, 5.74) is 0.690. The van der Waals surface area contributed by atoms with Gasteiger partial charge in [0.2, 0.25) is 0 Å². The van der Waals surface area contributed by atoms with E-state index in [1.54, 1.807) is 6.07 Å². The van der Waals surface area contributed by atoms with Gasteiger partial charge in [-0.25, -0.2) is 8.42 Å². The molecule has 1 rings (SSSR count). The zero-order valence-electron chi connectivity index (χ0n) is 8.44. The van der Waals surface area contributed by atoms with Crippen LogP contribution in [0, 0.1) is 0 Å². The number of benzene rings is 1. The Labute approximate surface area is 84.5 Å². The van der Waals surface area contributed by atoms with Gasteiger partial charge >= 0.3 is 0 Å². The Balaban J connectivity index is 3.29. The van der Waals surface area contributed by atoms with Crippen molar-refractivity contribution in [3.63, 3.8) is 0 Å². The van der Waals surface area contributed by atoms with E-state index in [1.807, 2.05) is 26.8 Å². The summed E-state index contributed by atoms with van der Waals surface area (Å²) in [6.45, 7) is 5.89. The van der Waals surface area contributed by atoms with Crippen LogP contribution < -0.4 is 0 Å². The van der Waals surface area contributed by atoms with E-state index < -0.39 is 10.1 Å². The molecule has 0 spiro atoms. The smallest absolute Gasteiger partial charge is 0.124 e.